The second-order valence-electron chi connectivity index (χ2n) is 6.46. The maximum absolute atomic E-state index is 13.6. The van der Waals surface area contributed by atoms with Crippen LogP contribution in [-0.2, 0) is 20.4 Å². The van der Waals surface area contributed by atoms with Crippen LogP contribution in [0.15, 0.2) is 51.7 Å². The zero-order valence-electron chi connectivity index (χ0n) is 17.4. The van der Waals surface area contributed by atoms with Gasteiger partial charge in [0.2, 0.25) is 11.2 Å². The number of halogens is 3. The second kappa shape index (κ2) is 9.63. The maximum Gasteiger partial charge on any atom is 0.453 e. The van der Waals surface area contributed by atoms with Crippen LogP contribution in [0.25, 0.3) is 11.0 Å². The number of rotatable bonds is 7. The van der Waals surface area contributed by atoms with E-state index in [1.807, 2.05) is 0 Å². The van der Waals surface area contributed by atoms with Crippen molar-refractivity contribution in [2.45, 2.75) is 13.1 Å². The molecule has 2 aromatic carbocycles. The molecule has 0 fully saturated rings. The van der Waals surface area contributed by atoms with Crippen LogP contribution >= 0.6 is 0 Å². The summed E-state index contributed by atoms with van der Waals surface area (Å²) in [4.78, 5) is 35.7. The maximum atomic E-state index is 13.6. The van der Waals surface area contributed by atoms with Crippen molar-refractivity contribution in [3.63, 3.8) is 0 Å². The van der Waals surface area contributed by atoms with Crippen molar-refractivity contribution in [1.29, 1.82) is 0 Å². The Morgan fingerprint density at radius 3 is 2.30 bits per heavy atom. The molecule has 0 bridgehead atoms. The molecule has 0 amide bonds. The van der Waals surface area contributed by atoms with Crippen LogP contribution in [0, 0.1) is 0 Å². The van der Waals surface area contributed by atoms with Crippen LogP contribution in [0.4, 0.5) is 13.2 Å². The largest absolute Gasteiger partial charge is 0.482 e. The van der Waals surface area contributed by atoms with Crippen LogP contribution < -0.4 is 14.9 Å². The molecule has 0 atom stereocenters. The van der Waals surface area contributed by atoms with Gasteiger partial charge in [0.1, 0.15) is 17.1 Å². The predicted octanol–water partition coefficient (Wildman–Crippen LogP) is 4.33. The summed E-state index contributed by atoms with van der Waals surface area (Å²) >= 11 is 0. The molecule has 8 nitrogen and oxygen atoms in total. The molecule has 3 rings (SSSR count). The first-order chi connectivity index (χ1) is 15.6. The van der Waals surface area contributed by atoms with E-state index in [4.69, 9.17) is 18.6 Å². The molecule has 0 unspecified atom stereocenters. The van der Waals surface area contributed by atoms with Gasteiger partial charge < -0.3 is 23.4 Å². The Bertz CT molecular complexity index is 1230. The van der Waals surface area contributed by atoms with Crippen LogP contribution in [0.1, 0.15) is 23.0 Å². The minimum Gasteiger partial charge on any atom is -0.482 e. The standard InChI is InChI=1S/C22H17F3O8/c1-3-30-21(28)12-4-6-13(7-5-12)32-19-18(27)15-9-8-14(31-11-17(26)29-2)10-16(15)33-20(19)22(23,24)25/h4-10H,3,11H2,1-2H3. The van der Waals surface area contributed by atoms with E-state index in [1.54, 1.807) is 6.92 Å². The van der Waals surface area contributed by atoms with E-state index in [0.29, 0.717) is 0 Å². The summed E-state index contributed by atoms with van der Waals surface area (Å²) in [6.45, 7) is 1.29. The van der Waals surface area contributed by atoms with Crippen molar-refractivity contribution < 1.29 is 46.1 Å². The van der Waals surface area contributed by atoms with E-state index in [9.17, 15) is 27.6 Å². The molecule has 1 heterocycles. The number of hydrogen-bond donors (Lipinski definition) is 0. The highest BCUT2D eigenvalue weighted by molar-refractivity contribution is 5.89. The second-order valence-corrected chi connectivity index (χ2v) is 6.46. The van der Waals surface area contributed by atoms with E-state index in [0.717, 1.165) is 13.2 Å². The lowest BCUT2D eigenvalue weighted by atomic mass is 10.2. The minimum absolute atomic E-state index is 0.00704. The van der Waals surface area contributed by atoms with Crippen molar-refractivity contribution in [1.82, 2.24) is 0 Å². The van der Waals surface area contributed by atoms with Gasteiger partial charge in [0.05, 0.1) is 24.7 Å². The third-order valence-electron chi connectivity index (χ3n) is 4.25. The highest BCUT2D eigenvalue weighted by Gasteiger charge is 2.40. The predicted molar refractivity (Wildman–Crippen MR) is 107 cm³/mol. The highest BCUT2D eigenvalue weighted by Crippen LogP contribution is 2.38. The Balaban J connectivity index is 2.00. The Morgan fingerprint density at radius 2 is 1.70 bits per heavy atom. The normalized spacial score (nSPS) is 11.2. The summed E-state index contributed by atoms with van der Waals surface area (Å²) < 4.78 is 65.5. The molecule has 0 N–H and O–H groups in total. The molecule has 0 spiro atoms. The summed E-state index contributed by atoms with van der Waals surface area (Å²) in [6.07, 6.45) is -5.06. The Kier molecular flexibility index (Phi) is 6.90. The number of methoxy groups -OCH3 is 1. The lowest BCUT2D eigenvalue weighted by molar-refractivity contribution is -0.154. The van der Waals surface area contributed by atoms with Gasteiger partial charge in [0.15, 0.2) is 6.61 Å². The SMILES string of the molecule is CCOC(=O)c1ccc(Oc2c(C(F)(F)F)oc3cc(OCC(=O)OC)ccc3c2=O)cc1. The molecule has 0 saturated carbocycles. The number of ether oxygens (including phenoxy) is 4. The first kappa shape index (κ1) is 23.6. The molecule has 0 aliphatic rings. The van der Waals surface area contributed by atoms with Gasteiger partial charge in [-0.25, -0.2) is 9.59 Å². The van der Waals surface area contributed by atoms with Crippen molar-refractivity contribution in [3.05, 3.63) is 64.0 Å². The van der Waals surface area contributed by atoms with E-state index >= 15 is 0 Å². The van der Waals surface area contributed by atoms with Gasteiger partial charge in [-0.2, -0.15) is 13.2 Å². The first-order valence-electron chi connectivity index (χ1n) is 9.46. The zero-order valence-corrected chi connectivity index (χ0v) is 17.4. The molecule has 1 aromatic heterocycles. The summed E-state index contributed by atoms with van der Waals surface area (Å²) in [5.41, 5.74) is -1.33. The zero-order chi connectivity index (χ0) is 24.2. The first-order valence-corrected chi connectivity index (χ1v) is 9.46. The number of esters is 2. The van der Waals surface area contributed by atoms with Gasteiger partial charge in [-0.15, -0.1) is 0 Å². The molecular weight excluding hydrogens is 449 g/mol. The number of benzene rings is 2. The monoisotopic (exact) mass is 466 g/mol. The van der Waals surface area contributed by atoms with Crippen molar-refractivity contribution >= 4 is 22.9 Å². The van der Waals surface area contributed by atoms with E-state index in [-0.39, 0.29) is 29.1 Å². The van der Waals surface area contributed by atoms with Gasteiger partial charge in [0.25, 0.3) is 5.76 Å². The lowest BCUT2D eigenvalue weighted by Crippen LogP contribution is -2.16. The number of fused-ring (bicyclic) bond motifs is 1. The minimum atomic E-state index is -5.06. The molecular formula is C22H17F3O8. The van der Waals surface area contributed by atoms with E-state index in [2.05, 4.69) is 4.74 Å². The molecule has 0 aliphatic heterocycles. The number of hydrogen-bond acceptors (Lipinski definition) is 8. The van der Waals surface area contributed by atoms with Crippen LogP contribution in [0.3, 0.4) is 0 Å². The molecule has 33 heavy (non-hydrogen) atoms. The molecule has 0 saturated heterocycles. The molecule has 11 heteroatoms. The third-order valence-corrected chi connectivity index (χ3v) is 4.25. The lowest BCUT2D eigenvalue weighted by Gasteiger charge is -2.14. The van der Waals surface area contributed by atoms with Gasteiger partial charge in [0, 0.05) is 6.07 Å². The Labute approximate surface area is 184 Å². The number of alkyl halides is 3. The van der Waals surface area contributed by atoms with Crippen molar-refractivity contribution in [2.75, 3.05) is 20.3 Å². The Hall–Kier alpha value is -4.02. The van der Waals surface area contributed by atoms with Gasteiger partial charge >= 0.3 is 18.1 Å². The molecule has 3 aromatic rings. The summed E-state index contributed by atoms with van der Waals surface area (Å²) in [7, 11) is 1.15. The van der Waals surface area contributed by atoms with Crippen LogP contribution in [-0.4, -0.2) is 32.3 Å². The fourth-order valence-electron chi connectivity index (χ4n) is 2.72. The topological polar surface area (TPSA) is 101 Å². The van der Waals surface area contributed by atoms with E-state index in [1.165, 1.54) is 36.4 Å². The third kappa shape index (κ3) is 5.43. The highest BCUT2D eigenvalue weighted by atomic mass is 19.4. The van der Waals surface area contributed by atoms with Crippen molar-refractivity contribution in [2.24, 2.45) is 0 Å². The average molecular weight is 466 g/mol. The molecule has 174 valence electrons. The van der Waals surface area contributed by atoms with Crippen LogP contribution in [0.2, 0.25) is 0 Å². The summed E-state index contributed by atoms with van der Waals surface area (Å²) in [5, 5.41) is -0.202. The smallest absolute Gasteiger partial charge is 0.453 e. The molecule has 0 radical (unpaired) electrons. The molecule has 0 aliphatic carbocycles. The fraction of sp³-hybridized carbons (Fsp3) is 0.227. The fourth-order valence-corrected chi connectivity index (χ4v) is 2.72. The summed E-state index contributed by atoms with van der Waals surface area (Å²) in [6, 6.07) is 8.53. The van der Waals surface area contributed by atoms with Gasteiger partial charge in [-0.1, -0.05) is 0 Å². The Morgan fingerprint density at radius 1 is 1.03 bits per heavy atom. The number of carbonyl (C=O) groups is 2. The quantitative estimate of drug-likeness (QED) is 0.474. The number of carbonyl (C=O) groups excluding carboxylic acids is 2. The van der Waals surface area contributed by atoms with Gasteiger partial charge in [-0.05, 0) is 43.3 Å². The van der Waals surface area contributed by atoms with Crippen molar-refractivity contribution in [3.8, 4) is 17.2 Å². The van der Waals surface area contributed by atoms with Gasteiger partial charge in [-0.3, -0.25) is 4.79 Å². The average Bonchev–Trinajstić information content (AvgIpc) is 2.78. The van der Waals surface area contributed by atoms with Crippen LogP contribution in [0.5, 0.6) is 17.2 Å². The van der Waals surface area contributed by atoms with E-state index < -0.39 is 47.2 Å². The summed E-state index contributed by atoms with van der Waals surface area (Å²) in [5.74, 6) is -4.17.